The monoisotopic (exact) mass is 166 g/mol. The first-order valence-corrected chi connectivity index (χ1v) is 3.52. The molecule has 0 unspecified atom stereocenters. The lowest BCUT2D eigenvalue weighted by atomic mass is 10.3. The van der Waals surface area contributed by atoms with E-state index < -0.39 is 0 Å². The van der Waals surface area contributed by atoms with Crippen LogP contribution in [0.3, 0.4) is 0 Å². The number of ether oxygens (including phenoxy) is 1. The Kier molecular flexibility index (Phi) is 2.86. The molecule has 0 aliphatic rings. The van der Waals surface area contributed by atoms with E-state index in [2.05, 4.69) is 17.2 Å². The average molecular weight is 166 g/mol. The van der Waals surface area contributed by atoms with Crippen LogP contribution in [0.4, 0.5) is 5.69 Å². The molecule has 57 valence electrons. The van der Waals surface area contributed by atoms with Crippen LogP contribution in [0.1, 0.15) is 0 Å². The molecule has 1 aromatic rings. The molecule has 0 fully saturated rings. The molecular formula is C8H8NOS. The van der Waals surface area contributed by atoms with E-state index in [-0.39, 0.29) is 5.17 Å². The number of nitrogens with one attached hydrogen (secondary N) is 1. The summed E-state index contributed by atoms with van der Waals surface area (Å²) < 4.78 is 4.52. The van der Waals surface area contributed by atoms with E-state index in [1.807, 2.05) is 30.3 Å². The highest BCUT2D eigenvalue weighted by atomic mass is 32.1. The van der Waals surface area contributed by atoms with Gasteiger partial charge in [0.2, 0.25) is 0 Å². The summed E-state index contributed by atoms with van der Waals surface area (Å²) in [6.07, 6.45) is 0. The van der Waals surface area contributed by atoms with E-state index in [0.717, 1.165) is 5.69 Å². The molecule has 1 rings (SSSR count). The van der Waals surface area contributed by atoms with E-state index >= 15 is 0 Å². The molecule has 0 aliphatic heterocycles. The van der Waals surface area contributed by atoms with Gasteiger partial charge in [-0.25, -0.2) is 0 Å². The van der Waals surface area contributed by atoms with Crippen molar-refractivity contribution in [1.29, 1.82) is 0 Å². The molecule has 0 aromatic heterocycles. The zero-order chi connectivity index (χ0) is 8.10. The van der Waals surface area contributed by atoms with Crippen LogP contribution in [-0.4, -0.2) is 5.17 Å². The van der Waals surface area contributed by atoms with E-state index in [4.69, 9.17) is 12.2 Å². The quantitative estimate of drug-likeness (QED) is 0.646. The molecule has 2 nitrogen and oxygen atoms in total. The van der Waals surface area contributed by atoms with Crippen molar-refractivity contribution in [3.8, 4) is 0 Å². The number of hydrogen-bond donors (Lipinski definition) is 1. The summed E-state index contributed by atoms with van der Waals surface area (Å²) in [4.78, 5) is 0. The normalized spacial score (nSPS) is 8.82. The van der Waals surface area contributed by atoms with Crippen LogP contribution in [0.2, 0.25) is 0 Å². The summed E-state index contributed by atoms with van der Waals surface area (Å²) in [6, 6.07) is 9.54. The molecule has 0 aliphatic carbocycles. The van der Waals surface area contributed by atoms with E-state index in [9.17, 15) is 0 Å². The first-order chi connectivity index (χ1) is 5.33. The van der Waals surface area contributed by atoms with E-state index in [0.29, 0.717) is 0 Å². The topological polar surface area (TPSA) is 21.3 Å². The van der Waals surface area contributed by atoms with Gasteiger partial charge in [-0.1, -0.05) is 18.2 Å². The fourth-order valence-corrected chi connectivity index (χ4v) is 0.793. The number of anilines is 1. The van der Waals surface area contributed by atoms with Crippen molar-refractivity contribution in [3.05, 3.63) is 37.4 Å². The Labute approximate surface area is 71.2 Å². The predicted octanol–water partition coefficient (Wildman–Crippen LogP) is 2.19. The molecule has 0 amide bonds. The molecule has 0 bridgehead atoms. The minimum Gasteiger partial charge on any atom is -0.467 e. The molecule has 3 heteroatoms. The minimum atomic E-state index is 0.274. The first kappa shape index (κ1) is 8.01. The SMILES string of the molecule is [CH2]OC(=S)Nc1ccccc1. The van der Waals surface area contributed by atoms with Gasteiger partial charge in [-0.15, -0.1) is 0 Å². The van der Waals surface area contributed by atoms with Gasteiger partial charge in [0.1, 0.15) is 7.11 Å². The molecule has 0 spiro atoms. The van der Waals surface area contributed by atoms with Crippen LogP contribution in [0.25, 0.3) is 0 Å². The third-order valence-corrected chi connectivity index (χ3v) is 1.37. The molecule has 1 radical (unpaired) electrons. The second-order valence-corrected chi connectivity index (χ2v) is 2.29. The molecule has 1 aromatic carbocycles. The van der Waals surface area contributed by atoms with E-state index in [1.165, 1.54) is 0 Å². The Morgan fingerprint density at radius 1 is 1.36 bits per heavy atom. The van der Waals surface area contributed by atoms with Gasteiger partial charge in [0.15, 0.2) is 0 Å². The van der Waals surface area contributed by atoms with Gasteiger partial charge < -0.3 is 10.1 Å². The van der Waals surface area contributed by atoms with Crippen molar-refractivity contribution >= 4 is 23.1 Å². The lowest BCUT2D eigenvalue weighted by Gasteiger charge is -2.04. The molecule has 0 saturated carbocycles. The third-order valence-electron chi connectivity index (χ3n) is 1.15. The Morgan fingerprint density at radius 3 is 2.55 bits per heavy atom. The van der Waals surface area contributed by atoms with Crippen LogP contribution in [0.15, 0.2) is 30.3 Å². The van der Waals surface area contributed by atoms with Gasteiger partial charge in [0.05, 0.1) is 0 Å². The summed E-state index contributed by atoms with van der Waals surface area (Å²) in [5.41, 5.74) is 0.904. The smallest absolute Gasteiger partial charge is 0.261 e. The average Bonchev–Trinajstić information content (AvgIpc) is 2.06. The number of para-hydroxylation sites is 1. The van der Waals surface area contributed by atoms with Crippen LogP contribution >= 0.6 is 12.2 Å². The predicted molar refractivity (Wildman–Crippen MR) is 49.1 cm³/mol. The van der Waals surface area contributed by atoms with Crippen LogP contribution in [0, 0.1) is 7.11 Å². The highest BCUT2D eigenvalue weighted by Gasteiger charge is 1.92. The zero-order valence-corrected chi connectivity index (χ0v) is 6.73. The third kappa shape index (κ3) is 2.55. The van der Waals surface area contributed by atoms with Gasteiger partial charge in [-0.2, -0.15) is 0 Å². The van der Waals surface area contributed by atoms with Crippen LogP contribution in [0.5, 0.6) is 0 Å². The van der Waals surface area contributed by atoms with Crippen molar-refractivity contribution in [1.82, 2.24) is 0 Å². The zero-order valence-electron chi connectivity index (χ0n) is 5.91. The summed E-state index contributed by atoms with van der Waals surface area (Å²) in [5.74, 6) is 0. The van der Waals surface area contributed by atoms with Crippen molar-refractivity contribution < 1.29 is 4.74 Å². The standard InChI is InChI=1S/C8H8NOS/c1-10-8(11)9-7-5-3-2-4-6-7/h2-6H,1H2,(H,9,11). The maximum Gasteiger partial charge on any atom is 0.261 e. The van der Waals surface area contributed by atoms with Crippen molar-refractivity contribution in [2.24, 2.45) is 0 Å². The second-order valence-electron chi connectivity index (χ2n) is 1.92. The Bertz CT molecular complexity index is 235. The van der Waals surface area contributed by atoms with Crippen molar-refractivity contribution in [2.45, 2.75) is 0 Å². The summed E-state index contributed by atoms with van der Waals surface area (Å²) in [6.45, 7) is 0. The molecule has 11 heavy (non-hydrogen) atoms. The Morgan fingerprint density at radius 2 is 2.00 bits per heavy atom. The van der Waals surface area contributed by atoms with E-state index in [1.54, 1.807) is 0 Å². The first-order valence-electron chi connectivity index (χ1n) is 3.11. The molecule has 0 saturated heterocycles. The van der Waals surface area contributed by atoms with Gasteiger partial charge in [-0.3, -0.25) is 0 Å². The van der Waals surface area contributed by atoms with Crippen molar-refractivity contribution in [2.75, 3.05) is 5.32 Å². The largest absolute Gasteiger partial charge is 0.467 e. The second kappa shape index (κ2) is 3.93. The summed E-state index contributed by atoms with van der Waals surface area (Å²) >= 11 is 4.74. The van der Waals surface area contributed by atoms with Crippen molar-refractivity contribution in [3.63, 3.8) is 0 Å². The molecule has 1 N–H and O–H groups in total. The summed E-state index contributed by atoms with van der Waals surface area (Å²) in [7, 11) is 3.18. The summed E-state index contributed by atoms with van der Waals surface area (Å²) in [5, 5.41) is 3.11. The lowest BCUT2D eigenvalue weighted by Crippen LogP contribution is -2.08. The van der Waals surface area contributed by atoms with Crippen LogP contribution < -0.4 is 5.32 Å². The number of benzene rings is 1. The number of rotatable bonds is 1. The lowest BCUT2D eigenvalue weighted by molar-refractivity contribution is 0.475. The number of hydrogen-bond acceptors (Lipinski definition) is 2. The molecule has 0 heterocycles. The van der Waals surface area contributed by atoms with Gasteiger partial charge in [-0.05, 0) is 24.4 Å². The maximum atomic E-state index is 4.74. The highest BCUT2D eigenvalue weighted by molar-refractivity contribution is 7.80. The number of thiocarbonyl (C=S) groups is 1. The minimum absolute atomic E-state index is 0.274. The maximum absolute atomic E-state index is 4.74. The van der Waals surface area contributed by atoms with Gasteiger partial charge in [0.25, 0.3) is 5.17 Å². The Balaban J connectivity index is 2.58. The highest BCUT2D eigenvalue weighted by Crippen LogP contribution is 2.04. The van der Waals surface area contributed by atoms with Gasteiger partial charge >= 0.3 is 0 Å². The fraction of sp³-hybridized carbons (Fsp3) is 0. The molecular weight excluding hydrogens is 158 g/mol. The fourth-order valence-electron chi connectivity index (χ4n) is 0.675. The van der Waals surface area contributed by atoms with Gasteiger partial charge in [0, 0.05) is 5.69 Å². The molecule has 0 atom stereocenters. The Hall–Kier alpha value is -1.09. The van der Waals surface area contributed by atoms with Crippen LogP contribution in [-0.2, 0) is 4.74 Å².